The molecule has 1 aromatic heterocycles. The van der Waals surface area contributed by atoms with Crippen molar-refractivity contribution < 1.29 is 4.39 Å². The predicted molar refractivity (Wildman–Crippen MR) is 78.5 cm³/mol. The molecule has 3 nitrogen and oxygen atoms in total. The van der Waals surface area contributed by atoms with Crippen LogP contribution in [0.2, 0.25) is 0 Å². The minimum atomic E-state index is -0.283. The fourth-order valence-electron chi connectivity index (χ4n) is 2.18. The number of benzene rings is 1. The van der Waals surface area contributed by atoms with Crippen molar-refractivity contribution in [1.82, 2.24) is 10.4 Å². The zero-order valence-corrected chi connectivity index (χ0v) is 11.9. The van der Waals surface area contributed by atoms with Crippen molar-refractivity contribution in [2.75, 3.05) is 0 Å². The van der Waals surface area contributed by atoms with E-state index in [0.29, 0.717) is 12.0 Å². The molecule has 2 aromatic rings. The zero-order valence-electron chi connectivity index (χ0n) is 11.9. The Morgan fingerprint density at radius 3 is 2.70 bits per heavy atom. The first-order chi connectivity index (χ1) is 9.63. The van der Waals surface area contributed by atoms with Crippen molar-refractivity contribution in [1.29, 1.82) is 0 Å². The lowest BCUT2D eigenvalue weighted by Gasteiger charge is -2.17. The van der Waals surface area contributed by atoms with Gasteiger partial charge < -0.3 is 0 Å². The Morgan fingerprint density at radius 2 is 2.10 bits per heavy atom. The average Bonchev–Trinajstić information content (AvgIpc) is 2.48. The number of nitrogens with two attached hydrogens (primary N) is 1. The maximum Gasteiger partial charge on any atom is 0.128 e. The van der Waals surface area contributed by atoms with Gasteiger partial charge in [0.2, 0.25) is 0 Å². The Morgan fingerprint density at radius 1 is 1.30 bits per heavy atom. The van der Waals surface area contributed by atoms with Gasteiger partial charge in [-0.05, 0) is 31.0 Å². The van der Waals surface area contributed by atoms with E-state index in [4.69, 9.17) is 5.84 Å². The summed E-state index contributed by atoms with van der Waals surface area (Å²) in [5.74, 6) is 5.34. The van der Waals surface area contributed by atoms with Crippen molar-refractivity contribution in [3.63, 3.8) is 0 Å². The molecular weight excluding hydrogens is 253 g/mol. The molecule has 0 saturated heterocycles. The number of aromatic nitrogens is 1. The topological polar surface area (TPSA) is 50.9 Å². The molecule has 1 atom stereocenters. The fraction of sp³-hybridized carbons (Fsp3) is 0.312. The summed E-state index contributed by atoms with van der Waals surface area (Å²) < 4.78 is 13.9. The lowest BCUT2D eigenvalue weighted by atomic mass is 9.99. The van der Waals surface area contributed by atoms with Gasteiger partial charge in [0.15, 0.2) is 0 Å². The first kappa shape index (κ1) is 14.6. The molecular formula is C16H20FN3. The first-order valence-corrected chi connectivity index (χ1v) is 6.80. The van der Waals surface area contributed by atoms with Gasteiger partial charge in [0.1, 0.15) is 5.82 Å². The van der Waals surface area contributed by atoms with Gasteiger partial charge >= 0.3 is 0 Å². The molecule has 1 aromatic carbocycles. The monoisotopic (exact) mass is 273 g/mol. The number of nitrogens with zero attached hydrogens (tertiary/aromatic N) is 1. The molecule has 0 fully saturated rings. The van der Waals surface area contributed by atoms with Crippen molar-refractivity contribution >= 4 is 0 Å². The van der Waals surface area contributed by atoms with Crippen molar-refractivity contribution in [3.05, 3.63) is 64.7 Å². The van der Waals surface area contributed by atoms with Gasteiger partial charge in [-0.2, -0.15) is 0 Å². The summed E-state index contributed by atoms with van der Waals surface area (Å²) in [7, 11) is 0. The second-order valence-electron chi connectivity index (χ2n) is 4.96. The van der Waals surface area contributed by atoms with Crippen LogP contribution in [-0.2, 0) is 12.8 Å². The van der Waals surface area contributed by atoms with Crippen LogP contribution < -0.4 is 11.3 Å². The van der Waals surface area contributed by atoms with E-state index in [2.05, 4.69) is 17.3 Å². The number of hydrogen-bond donors (Lipinski definition) is 2. The average molecular weight is 273 g/mol. The highest BCUT2D eigenvalue weighted by molar-refractivity contribution is 5.28. The SMILES string of the molecule is CCc1ccc(CC(NN)c2cc(C)ccc2F)nc1. The third kappa shape index (κ3) is 3.40. The largest absolute Gasteiger partial charge is 0.271 e. The van der Waals surface area contributed by atoms with E-state index in [1.54, 1.807) is 6.07 Å². The third-order valence-electron chi connectivity index (χ3n) is 3.44. The highest BCUT2D eigenvalue weighted by Gasteiger charge is 2.15. The Labute approximate surface area is 119 Å². The minimum Gasteiger partial charge on any atom is -0.271 e. The molecule has 3 N–H and O–H groups in total. The first-order valence-electron chi connectivity index (χ1n) is 6.80. The normalized spacial score (nSPS) is 12.4. The van der Waals surface area contributed by atoms with Crippen molar-refractivity contribution in [2.24, 2.45) is 5.84 Å². The number of nitrogens with one attached hydrogen (secondary N) is 1. The molecule has 0 amide bonds. The van der Waals surface area contributed by atoms with Crippen LogP contribution in [0.4, 0.5) is 4.39 Å². The molecule has 0 radical (unpaired) electrons. The van der Waals surface area contributed by atoms with Crippen molar-refractivity contribution in [2.45, 2.75) is 32.7 Å². The van der Waals surface area contributed by atoms with E-state index in [1.165, 1.54) is 11.6 Å². The molecule has 0 aliphatic rings. The smallest absolute Gasteiger partial charge is 0.128 e. The van der Waals surface area contributed by atoms with Crippen LogP contribution in [0.1, 0.15) is 35.3 Å². The Bertz CT molecular complexity index is 566. The molecule has 0 saturated carbocycles. The molecule has 106 valence electrons. The third-order valence-corrected chi connectivity index (χ3v) is 3.44. The molecule has 2 rings (SSSR count). The lowest BCUT2D eigenvalue weighted by molar-refractivity contribution is 0.506. The van der Waals surface area contributed by atoms with Crippen LogP contribution in [-0.4, -0.2) is 4.98 Å². The van der Waals surface area contributed by atoms with Crippen LogP contribution >= 0.6 is 0 Å². The van der Waals surface area contributed by atoms with Crippen LogP contribution in [0.5, 0.6) is 0 Å². The quantitative estimate of drug-likeness (QED) is 0.650. The second kappa shape index (κ2) is 6.59. The van der Waals surface area contributed by atoms with Crippen molar-refractivity contribution in [3.8, 4) is 0 Å². The Hall–Kier alpha value is -1.78. The number of hydrogen-bond acceptors (Lipinski definition) is 3. The summed E-state index contributed by atoms with van der Waals surface area (Å²) in [4.78, 5) is 4.40. The van der Waals surface area contributed by atoms with Crippen LogP contribution in [0, 0.1) is 12.7 Å². The summed E-state index contributed by atoms with van der Waals surface area (Å²) in [5.41, 5.74) is 6.35. The summed E-state index contributed by atoms with van der Waals surface area (Å²) in [5, 5.41) is 0. The van der Waals surface area contributed by atoms with Gasteiger partial charge in [0.05, 0.1) is 6.04 Å². The van der Waals surface area contributed by atoms with Crippen LogP contribution in [0.3, 0.4) is 0 Å². The van der Waals surface area contributed by atoms with Gasteiger partial charge in [-0.1, -0.05) is 30.7 Å². The zero-order chi connectivity index (χ0) is 14.5. The second-order valence-corrected chi connectivity index (χ2v) is 4.96. The molecule has 1 unspecified atom stereocenters. The van der Waals surface area contributed by atoms with E-state index >= 15 is 0 Å². The molecule has 0 bridgehead atoms. The predicted octanol–water partition coefficient (Wildman–Crippen LogP) is 2.84. The number of rotatable bonds is 5. The molecule has 1 heterocycles. The van der Waals surface area contributed by atoms with E-state index in [-0.39, 0.29) is 11.9 Å². The molecule has 4 heteroatoms. The maximum atomic E-state index is 13.9. The Kier molecular flexibility index (Phi) is 4.82. The lowest BCUT2D eigenvalue weighted by Crippen LogP contribution is -2.30. The summed E-state index contributed by atoms with van der Waals surface area (Å²) in [6.07, 6.45) is 3.37. The van der Waals surface area contributed by atoms with Gasteiger partial charge in [0.25, 0.3) is 0 Å². The number of halogens is 1. The van der Waals surface area contributed by atoms with E-state index < -0.39 is 0 Å². The van der Waals surface area contributed by atoms with E-state index in [9.17, 15) is 4.39 Å². The van der Waals surface area contributed by atoms with Gasteiger partial charge in [0, 0.05) is 23.9 Å². The maximum absolute atomic E-state index is 13.9. The number of aryl methyl sites for hydroxylation is 2. The van der Waals surface area contributed by atoms with Gasteiger partial charge in [-0.25, -0.2) is 4.39 Å². The van der Waals surface area contributed by atoms with E-state index in [1.807, 2.05) is 31.3 Å². The highest BCUT2D eigenvalue weighted by Crippen LogP contribution is 2.21. The molecule has 20 heavy (non-hydrogen) atoms. The van der Waals surface area contributed by atoms with E-state index in [0.717, 1.165) is 17.7 Å². The molecule has 0 spiro atoms. The summed E-state index contributed by atoms with van der Waals surface area (Å²) in [6, 6.07) is 8.78. The molecule has 0 aliphatic carbocycles. The Balaban J connectivity index is 2.21. The minimum absolute atomic E-state index is 0.247. The van der Waals surface area contributed by atoms with Gasteiger partial charge in [-0.15, -0.1) is 0 Å². The van der Waals surface area contributed by atoms with Crippen LogP contribution in [0.15, 0.2) is 36.5 Å². The number of pyridine rings is 1. The number of hydrazine groups is 1. The fourth-order valence-corrected chi connectivity index (χ4v) is 2.18. The van der Waals surface area contributed by atoms with Gasteiger partial charge in [-0.3, -0.25) is 16.3 Å². The highest BCUT2D eigenvalue weighted by atomic mass is 19.1. The summed E-state index contributed by atoms with van der Waals surface area (Å²) in [6.45, 7) is 4.02. The molecule has 0 aliphatic heterocycles. The summed E-state index contributed by atoms with van der Waals surface area (Å²) >= 11 is 0. The standard InChI is InChI=1S/C16H20FN3/c1-3-12-5-6-13(19-10-12)9-16(20-18)14-8-11(2)4-7-15(14)17/h4-8,10,16,20H,3,9,18H2,1-2H3. The van der Waals surface area contributed by atoms with Crippen LogP contribution in [0.25, 0.3) is 0 Å².